The highest BCUT2D eigenvalue weighted by molar-refractivity contribution is 7.91. The summed E-state index contributed by atoms with van der Waals surface area (Å²) in [6.07, 6.45) is 2.94. The third-order valence-corrected chi connectivity index (χ3v) is 4.73. The predicted molar refractivity (Wildman–Crippen MR) is 54.4 cm³/mol. The van der Waals surface area contributed by atoms with Crippen LogP contribution >= 0.6 is 0 Å². The molecule has 0 unspecified atom stereocenters. The minimum absolute atomic E-state index is 0.202. The third kappa shape index (κ3) is 1.67. The van der Waals surface area contributed by atoms with Crippen molar-refractivity contribution in [1.82, 2.24) is 15.0 Å². The van der Waals surface area contributed by atoms with E-state index < -0.39 is 9.84 Å². The van der Waals surface area contributed by atoms with Crippen molar-refractivity contribution in [2.45, 2.75) is 31.7 Å². The molecule has 0 saturated heterocycles. The summed E-state index contributed by atoms with van der Waals surface area (Å²) in [5, 5.41) is 8.21. The smallest absolute Gasteiger partial charge is 0.152 e. The fourth-order valence-electron chi connectivity index (χ4n) is 2.04. The Balaban J connectivity index is 1.97. The normalized spacial score (nSPS) is 24.5. The van der Waals surface area contributed by atoms with Crippen LogP contribution < -0.4 is 0 Å². The van der Waals surface area contributed by atoms with Crippen LogP contribution in [-0.4, -0.2) is 34.9 Å². The van der Waals surface area contributed by atoms with Crippen molar-refractivity contribution in [3.63, 3.8) is 0 Å². The highest BCUT2D eigenvalue weighted by atomic mass is 32.2. The molecule has 1 aromatic heterocycles. The molecular formula is C9H13N3O2S. The molecule has 5 nitrogen and oxygen atoms in total. The lowest BCUT2D eigenvalue weighted by atomic mass is 10.2. The SMILES string of the molecule is O=S1(=O)CCc2c(C3CC3)nnn2CC1. The first-order chi connectivity index (χ1) is 7.16. The quantitative estimate of drug-likeness (QED) is 0.684. The largest absolute Gasteiger partial charge is 0.248 e. The standard InChI is InChI=1S/C9H13N3O2S/c13-15(14)5-3-8-9(7-1-2-7)10-11-12(8)4-6-15/h7H,1-6H2. The van der Waals surface area contributed by atoms with Gasteiger partial charge in [0.1, 0.15) is 0 Å². The Kier molecular flexibility index (Phi) is 1.89. The van der Waals surface area contributed by atoms with Gasteiger partial charge in [0, 0.05) is 12.3 Å². The average molecular weight is 227 g/mol. The van der Waals surface area contributed by atoms with Gasteiger partial charge in [0.2, 0.25) is 0 Å². The molecule has 1 aromatic rings. The molecule has 6 heteroatoms. The number of nitrogens with zero attached hydrogens (tertiary/aromatic N) is 3. The van der Waals surface area contributed by atoms with Crippen LogP contribution in [0.25, 0.3) is 0 Å². The number of aryl methyl sites for hydroxylation is 1. The van der Waals surface area contributed by atoms with Crippen LogP contribution in [-0.2, 0) is 22.8 Å². The fraction of sp³-hybridized carbons (Fsp3) is 0.778. The molecule has 1 aliphatic heterocycles. The lowest BCUT2D eigenvalue weighted by molar-refractivity contribution is 0.580. The summed E-state index contributed by atoms with van der Waals surface area (Å²) < 4.78 is 24.7. The molecule has 0 spiro atoms. The zero-order valence-electron chi connectivity index (χ0n) is 8.39. The van der Waals surface area contributed by atoms with Gasteiger partial charge in [-0.15, -0.1) is 5.10 Å². The summed E-state index contributed by atoms with van der Waals surface area (Å²) in [4.78, 5) is 0. The fourth-order valence-corrected chi connectivity index (χ4v) is 3.20. The van der Waals surface area contributed by atoms with Gasteiger partial charge in [-0.3, -0.25) is 0 Å². The Morgan fingerprint density at radius 1 is 1.27 bits per heavy atom. The van der Waals surface area contributed by atoms with Crippen molar-refractivity contribution in [2.24, 2.45) is 0 Å². The maximum absolute atomic E-state index is 11.5. The van der Waals surface area contributed by atoms with Gasteiger partial charge in [0.25, 0.3) is 0 Å². The zero-order valence-corrected chi connectivity index (χ0v) is 9.20. The number of fused-ring (bicyclic) bond motifs is 1. The average Bonchev–Trinajstić information content (AvgIpc) is 2.96. The summed E-state index contributed by atoms with van der Waals surface area (Å²) in [6.45, 7) is 0.470. The third-order valence-electron chi connectivity index (χ3n) is 3.10. The lowest BCUT2D eigenvalue weighted by Crippen LogP contribution is -2.12. The van der Waals surface area contributed by atoms with E-state index in [4.69, 9.17) is 0 Å². The number of aromatic nitrogens is 3. The summed E-state index contributed by atoms with van der Waals surface area (Å²) in [6, 6.07) is 0. The van der Waals surface area contributed by atoms with Crippen molar-refractivity contribution in [3.05, 3.63) is 11.4 Å². The first-order valence-electron chi connectivity index (χ1n) is 5.28. The lowest BCUT2D eigenvalue weighted by Gasteiger charge is -1.99. The minimum atomic E-state index is -2.87. The van der Waals surface area contributed by atoms with E-state index in [0.29, 0.717) is 18.9 Å². The topological polar surface area (TPSA) is 64.8 Å². The Bertz CT molecular complexity index is 487. The van der Waals surface area contributed by atoms with Gasteiger partial charge in [-0.25, -0.2) is 13.1 Å². The number of rotatable bonds is 1. The Morgan fingerprint density at radius 3 is 2.80 bits per heavy atom. The van der Waals surface area contributed by atoms with E-state index in [0.717, 1.165) is 11.4 Å². The first kappa shape index (κ1) is 9.33. The molecule has 0 bridgehead atoms. The van der Waals surface area contributed by atoms with Gasteiger partial charge in [-0.1, -0.05) is 5.21 Å². The molecule has 0 radical (unpaired) electrons. The number of sulfone groups is 1. The molecule has 82 valence electrons. The summed E-state index contributed by atoms with van der Waals surface area (Å²) in [5.74, 6) is 1.00. The van der Waals surface area contributed by atoms with E-state index in [1.165, 1.54) is 12.8 Å². The van der Waals surface area contributed by atoms with Gasteiger partial charge in [0.05, 0.1) is 29.4 Å². The molecule has 0 N–H and O–H groups in total. The zero-order chi connectivity index (χ0) is 10.5. The van der Waals surface area contributed by atoms with E-state index in [1.54, 1.807) is 4.68 Å². The molecule has 1 fully saturated rings. The molecule has 1 saturated carbocycles. The van der Waals surface area contributed by atoms with E-state index in [-0.39, 0.29) is 11.5 Å². The molecule has 1 aliphatic carbocycles. The van der Waals surface area contributed by atoms with E-state index in [9.17, 15) is 8.42 Å². The molecule has 0 atom stereocenters. The highest BCUT2D eigenvalue weighted by Gasteiger charge is 2.32. The van der Waals surface area contributed by atoms with E-state index in [2.05, 4.69) is 10.3 Å². The van der Waals surface area contributed by atoms with Crippen molar-refractivity contribution >= 4 is 9.84 Å². The summed E-state index contributed by atoms with van der Waals surface area (Å²) in [5.41, 5.74) is 2.10. The van der Waals surface area contributed by atoms with Gasteiger partial charge in [0.15, 0.2) is 9.84 Å². The molecule has 15 heavy (non-hydrogen) atoms. The van der Waals surface area contributed by atoms with E-state index in [1.807, 2.05) is 0 Å². The monoisotopic (exact) mass is 227 g/mol. The van der Waals surface area contributed by atoms with Crippen LogP contribution in [0, 0.1) is 0 Å². The second kappa shape index (κ2) is 3.04. The van der Waals surface area contributed by atoms with Crippen LogP contribution in [0.15, 0.2) is 0 Å². The van der Waals surface area contributed by atoms with Crippen LogP contribution in [0.2, 0.25) is 0 Å². The first-order valence-corrected chi connectivity index (χ1v) is 7.10. The number of hydrogen-bond donors (Lipinski definition) is 0. The minimum Gasteiger partial charge on any atom is -0.248 e. The Hall–Kier alpha value is -0.910. The second-order valence-corrected chi connectivity index (χ2v) is 6.62. The predicted octanol–water partition coefficient (Wildman–Crippen LogP) is 0.126. The van der Waals surface area contributed by atoms with Crippen molar-refractivity contribution in [3.8, 4) is 0 Å². The molecular weight excluding hydrogens is 214 g/mol. The van der Waals surface area contributed by atoms with Gasteiger partial charge in [-0.05, 0) is 12.8 Å². The van der Waals surface area contributed by atoms with Crippen molar-refractivity contribution in [2.75, 3.05) is 11.5 Å². The maximum atomic E-state index is 11.5. The molecule has 0 aromatic carbocycles. The van der Waals surface area contributed by atoms with Gasteiger partial charge in [-0.2, -0.15) is 0 Å². The second-order valence-electron chi connectivity index (χ2n) is 4.32. The van der Waals surface area contributed by atoms with Crippen LogP contribution in [0.1, 0.15) is 30.1 Å². The molecule has 3 rings (SSSR count). The van der Waals surface area contributed by atoms with Crippen molar-refractivity contribution < 1.29 is 8.42 Å². The summed E-state index contributed by atoms with van der Waals surface area (Å²) in [7, 11) is -2.87. The number of hydrogen-bond acceptors (Lipinski definition) is 4. The Morgan fingerprint density at radius 2 is 2.07 bits per heavy atom. The maximum Gasteiger partial charge on any atom is 0.152 e. The van der Waals surface area contributed by atoms with Gasteiger partial charge < -0.3 is 0 Å². The molecule has 2 heterocycles. The summed E-state index contributed by atoms with van der Waals surface area (Å²) >= 11 is 0. The Labute approximate surface area is 88.4 Å². The van der Waals surface area contributed by atoms with E-state index >= 15 is 0 Å². The van der Waals surface area contributed by atoms with Crippen molar-refractivity contribution in [1.29, 1.82) is 0 Å². The van der Waals surface area contributed by atoms with Crippen LogP contribution in [0.3, 0.4) is 0 Å². The van der Waals surface area contributed by atoms with Crippen LogP contribution in [0.4, 0.5) is 0 Å². The molecule has 0 amide bonds. The highest BCUT2D eigenvalue weighted by Crippen LogP contribution is 2.40. The van der Waals surface area contributed by atoms with Gasteiger partial charge >= 0.3 is 0 Å². The molecule has 2 aliphatic rings. The van der Waals surface area contributed by atoms with Crippen LogP contribution in [0.5, 0.6) is 0 Å².